The SMILES string of the molecule is CCC(C)C1CC1C=N. The summed E-state index contributed by atoms with van der Waals surface area (Å²) in [5, 5.41) is 6.99. The van der Waals surface area contributed by atoms with Crippen LogP contribution in [-0.4, -0.2) is 6.21 Å². The minimum absolute atomic E-state index is 0.639. The Kier molecular flexibility index (Phi) is 1.89. The Morgan fingerprint density at radius 1 is 1.78 bits per heavy atom. The fourth-order valence-corrected chi connectivity index (χ4v) is 1.38. The van der Waals surface area contributed by atoms with E-state index in [1.807, 2.05) is 0 Å². The summed E-state index contributed by atoms with van der Waals surface area (Å²) in [5.74, 6) is 2.34. The maximum absolute atomic E-state index is 6.99. The summed E-state index contributed by atoms with van der Waals surface area (Å²) >= 11 is 0. The van der Waals surface area contributed by atoms with Gasteiger partial charge in [-0.1, -0.05) is 20.3 Å². The molecule has 0 radical (unpaired) electrons. The smallest absolute Gasteiger partial charge is 0.00138 e. The fraction of sp³-hybridized carbons (Fsp3) is 0.875. The van der Waals surface area contributed by atoms with Crippen LogP contribution in [0, 0.1) is 23.2 Å². The minimum atomic E-state index is 0.639. The molecule has 1 heteroatoms. The molecule has 3 unspecified atom stereocenters. The third-order valence-corrected chi connectivity index (χ3v) is 2.48. The van der Waals surface area contributed by atoms with E-state index in [1.165, 1.54) is 12.8 Å². The van der Waals surface area contributed by atoms with E-state index in [0.717, 1.165) is 11.8 Å². The minimum Gasteiger partial charge on any atom is -0.313 e. The van der Waals surface area contributed by atoms with E-state index in [4.69, 9.17) is 5.41 Å². The van der Waals surface area contributed by atoms with Crippen LogP contribution in [0.1, 0.15) is 26.7 Å². The molecule has 1 N–H and O–H groups in total. The Labute approximate surface area is 57.0 Å². The van der Waals surface area contributed by atoms with Gasteiger partial charge in [-0.05, 0) is 30.4 Å². The zero-order valence-corrected chi connectivity index (χ0v) is 6.22. The average molecular weight is 125 g/mol. The first kappa shape index (κ1) is 6.79. The van der Waals surface area contributed by atoms with Crippen LogP contribution in [0.5, 0.6) is 0 Å². The maximum atomic E-state index is 6.99. The van der Waals surface area contributed by atoms with Crippen molar-refractivity contribution in [2.45, 2.75) is 26.7 Å². The molecule has 0 aromatic rings. The van der Waals surface area contributed by atoms with Crippen LogP contribution in [0.25, 0.3) is 0 Å². The Bertz CT molecular complexity index is 109. The standard InChI is InChI=1S/C8H15N/c1-3-6(2)8-4-7(8)5-9/h5-9H,3-4H2,1-2H3. The van der Waals surface area contributed by atoms with Gasteiger partial charge >= 0.3 is 0 Å². The van der Waals surface area contributed by atoms with Gasteiger partial charge in [0.25, 0.3) is 0 Å². The monoisotopic (exact) mass is 125 g/mol. The quantitative estimate of drug-likeness (QED) is 0.560. The van der Waals surface area contributed by atoms with E-state index in [2.05, 4.69) is 13.8 Å². The molecule has 1 saturated carbocycles. The van der Waals surface area contributed by atoms with Crippen LogP contribution in [0.15, 0.2) is 0 Å². The van der Waals surface area contributed by atoms with E-state index in [9.17, 15) is 0 Å². The summed E-state index contributed by atoms with van der Waals surface area (Å²) in [6.07, 6.45) is 4.16. The summed E-state index contributed by atoms with van der Waals surface area (Å²) in [6.45, 7) is 4.51. The van der Waals surface area contributed by atoms with Gasteiger partial charge in [-0.15, -0.1) is 0 Å². The molecule has 0 saturated heterocycles. The lowest BCUT2D eigenvalue weighted by molar-refractivity contribution is 0.482. The fourth-order valence-electron chi connectivity index (χ4n) is 1.38. The molecule has 0 aromatic heterocycles. The molecule has 1 nitrogen and oxygen atoms in total. The van der Waals surface area contributed by atoms with E-state index < -0.39 is 0 Å². The lowest BCUT2D eigenvalue weighted by atomic mass is 10.0. The Balaban J connectivity index is 2.24. The maximum Gasteiger partial charge on any atom is -0.00138 e. The van der Waals surface area contributed by atoms with Crippen molar-refractivity contribution in [3.05, 3.63) is 0 Å². The normalized spacial score (nSPS) is 35.8. The van der Waals surface area contributed by atoms with Gasteiger partial charge in [0.2, 0.25) is 0 Å². The Hall–Kier alpha value is -0.330. The van der Waals surface area contributed by atoms with Crippen molar-refractivity contribution in [2.24, 2.45) is 17.8 Å². The highest BCUT2D eigenvalue weighted by Gasteiger charge is 2.38. The second-order valence-corrected chi connectivity index (χ2v) is 3.12. The topological polar surface area (TPSA) is 23.9 Å². The zero-order valence-electron chi connectivity index (χ0n) is 6.22. The van der Waals surface area contributed by atoms with Crippen molar-refractivity contribution in [1.82, 2.24) is 0 Å². The molecule has 0 amide bonds. The molecule has 1 aliphatic rings. The Morgan fingerprint density at radius 3 is 2.78 bits per heavy atom. The molecule has 0 spiro atoms. The van der Waals surface area contributed by atoms with Crippen molar-refractivity contribution in [2.75, 3.05) is 0 Å². The first-order valence-corrected chi connectivity index (χ1v) is 3.80. The van der Waals surface area contributed by atoms with Crippen LogP contribution in [0.2, 0.25) is 0 Å². The van der Waals surface area contributed by atoms with Gasteiger partial charge in [0.05, 0.1) is 0 Å². The molecule has 52 valence electrons. The zero-order chi connectivity index (χ0) is 6.85. The molecular formula is C8H15N. The van der Waals surface area contributed by atoms with Crippen LogP contribution in [0.3, 0.4) is 0 Å². The molecular weight excluding hydrogens is 110 g/mol. The second-order valence-electron chi connectivity index (χ2n) is 3.12. The van der Waals surface area contributed by atoms with Gasteiger partial charge < -0.3 is 5.41 Å². The summed E-state index contributed by atoms with van der Waals surface area (Å²) in [4.78, 5) is 0. The highest BCUT2D eigenvalue weighted by atomic mass is 14.5. The van der Waals surface area contributed by atoms with Crippen molar-refractivity contribution in [3.63, 3.8) is 0 Å². The molecule has 0 bridgehead atoms. The number of hydrogen-bond donors (Lipinski definition) is 1. The highest BCUT2D eigenvalue weighted by molar-refractivity contribution is 5.61. The summed E-state index contributed by atoms with van der Waals surface area (Å²) < 4.78 is 0. The van der Waals surface area contributed by atoms with Crippen LogP contribution < -0.4 is 0 Å². The molecule has 9 heavy (non-hydrogen) atoms. The van der Waals surface area contributed by atoms with Gasteiger partial charge in [0, 0.05) is 0 Å². The predicted octanol–water partition coefficient (Wildman–Crippen LogP) is 2.32. The summed E-state index contributed by atoms with van der Waals surface area (Å²) in [5.41, 5.74) is 0. The third kappa shape index (κ3) is 1.32. The van der Waals surface area contributed by atoms with Gasteiger partial charge in [0.1, 0.15) is 0 Å². The van der Waals surface area contributed by atoms with Crippen molar-refractivity contribution < 1.29 is 0 Å². The van der Waals surface area contributed by atoms with Gasteiger partial charge in [-0.2, -0.15) is 0 Å². The van der Waals surface area contributed by atoms with Crippen LogP contribution in [0.4, 0.5) is 0 Å². The van der Waals surface area contributed by atoms with Crippen molar-refractivity contribution in [3.8, 4) is 0 Å². The second kappa shape index (κ2) is 2.51. The molecule has 0 aromatic carbocycles. The summed E-state index contributed by atoms with van der Waals surface area (Å²) in [7, 11) is 0. The van der Waals surface area contributed by atoms with E-state index >= 15 is 0 Å². The molecule has 3 atom stereocenters. The molecule has 1 fully saturated rings. The first-order chi connectivity index (χ1) is 4.29. The molecule has 1 aliphatic carbocycles. The molecule has 0 aliphatic heterocycles. The summed E-state index contributed by atoms with van der Waals surface area (Å²) in [6, 6.07) is 0. The molecule has 1 rings (SSSR count). The number of nitrogens with one attached hydrogen (secondary N) is 1. The highest BCUT2D eigenvalue weighted by Crippen LogP contribution is 2.43. The van der Waals surface area contributed by atoms with E-state index in [1.54, 1.807) is 6.21 Å². The van der Waals surface area contributed by atoms with E-state index in [0.29, 0.717) is 5.92 Å². The lowest BCUT2D eigenvalue weighted by Gasteiger charge is -2.03. The van der Waals surface area contributed by atoms with Crippen LogP contribution in [-0.2, 0) is 0 Å². The van der Waals surface area contributed by atoms with E-state index in [-0.39, 0.29) is 0 Å². The Morgan fingerprint density at radius 2 is 2.44 bits per heavy atom. The number of hydrogen-bond acceptors (Lipinski definition) is 1. The first-order valence-electron chi connectivity index (χ1n) is 3.80. The number of rotatable bonds is 3. The van der Waals surface area contributed by atoms with Gasteiger partial charge in [0.15, 0.2) is 0 Å². The average Bonchev–Trinajstić information content (AvgIpc) is 2.64. The van der Waals surface area contributed by atoms with Crippen molar-refractivity contribution >= 4 is 6.21 Å². The third-order valence-electron chi connectivity index (χ3n) is 2.48. The largest absolute Gasteiger partial charge is 0.313 e. The van der Waals surface area contributed by atoms with Gasteiger partial charge in [-0.25, -0.2) is 0 Å². The molecule has 0 heterocycles. The predicted molar refractivity (Wildman–Crippen MR) is 39.8 cm³/mol. The van der Waals surface area contributed by atoms with Crippen molar-refractivity contribution in [1.29, 1.82) is 5.41 Å². The lowest BCUT2D eigenvalue weighted by Crippen LogP contribution is -1.96. The van der Waals surface area contributed by atoms with Crippen LogP contribution >= 0.6 is 0 Å². The van der Waals surface area contributed by atoms with Gasteiger partial charge in [-0.3, -0.25) is 0 Å².